The van der Waals surface area contributed by atoms with Crippen LogP contribution in [0.2, 0.25) is 0 Å². The van der Waals surface area contributed by atoms with E-state index in [1.54, 1.807) is 30.5 Å². The summed E-state index contributed by atoms with van der Waals surface area (Å²) in [5.74, 6) is -0.570. The average Bonchev–Trinajstić information content (AvgIpc) is 2.34. The van der Waals surface area contributed by atoms with E-state index in [0.717, 1.165) is 0 Å². The third kappa shape index (κ3) is 5.52. The van der Waals surface area contributed by atoms with Crippen molar-refractivity contribution in [3.05, 3.63) is 29.8 Å². The Hall–Kier alpha value is -1.69. The molecule has 0 radical (unpaired) electrons. The second kappa shape index (κ2) is 6.65. The van der Waals surface area contributed by atoms with Crippen molar-refractivity contribution in [1.29, 1.82) is 0 Å². The monoisotopic (exact) mass is 296 g/mol. The topological polar surface area (TPSA) is 75.3 Å². The quantitative estimate of drug-likeness (QED) is 0.872. The Labute approximate surface area is 121 Å². The van der Waals surface area contributed by atoms with Gasteiger partial charge in [0, 0.05) is 33.1 Å². The summed E-state index contributed by atoms with van der Waals surface area (Å²) < 4.78 is 11.2. The number of amides is 2. The van der Waals surface area contributed by atoms with Gasteiger partial charge in [-0.3, -0.25) is 13.8 Å². The number of carbonyl (C=O) groups is 2. The van der Waals surface area contributed by atoms with Crippen LogP contribution in [-0.2, 0) is 15.6 Å². The molecular formula is C14H20N2O3S. The molecule has 20 heavy (non-hydrogen) atoms. The molecule has 0 heterocycles. The minimum atomic E-state index is -1.07. The van der Waals surface area contributed by atoms with Gasteiger partial charge in [0.2, 0.25) is 5.91 Å². The standard InChI is InChI=1S/C14H20N2O3S/c1-14(2,3)16-12(17)9-15-13(18)10-5-7-11(8-6-10)20(4)19/h5-8H,9H2,1-4H3,(H,15,18)(H,16,17). The summed E-state index contributed by atoms with van der Waals surface area (Å²) in [5, 5.41) is 5.30. The van der Waals surface area contributed by atoms with E-state index in [0.29, 0.717) is 10.5 Å². The van der Waals surface area contributed by atoms with Crippen LogP contribution in [0.3, 0.4) is 0 Å². The fourth-order valence-corrected chi connectivity index (χ4v) is 2.04. The van der Waals surface area contributed by atoms with Crippen LogP contribution in [-0.4, -0.2) is 34.4 Å². The highest BCUT2D eigenvalue weighted by atomic mass is 32.2. The van der Waals surface area contributed by atoms with Crippen LogP contribution in [0.25, 0.3) is 0 Å². The smallest absolute Gasteiger partial charge is 0.251 e. The van der Waals surface area contributed by atoms with E-state index in [1.165, 1.54) is 0 Å². The van der Waals surface area contributed by atoms with Gasteiger partial charge in [-0.05, 0) is 45.0 Å². The van der Waals surface area contributed by atoms with Crippen LogP contribution < -0.4 is 10.6 Å². The van der Waals surface area contributed by atoms with E-state index < -0.39 is 10.8 Å². The summed E-state index contributed by atoms with van der Waals surface area (Å²) in [7, 11) is -1.07. The SMILES string of the molecule is CS(=O)c1ccc(C(=O)NCC(=O)NC(C)(C)C)cc1. The zero-order chi connectivity index (χ0) is 15.3. The fraction of sp³-hybridized carbons (Fsp3) is 0.429. The second-order valence-electron chi connectivity index (χ2n) is 5.46. The van der Waals surface area contributed by atoms with E-state index in [9.17, 15) is 13.8 Å². The molecule has 0 aliphatic carbocycles. The van der Waals surface area contributed by atoms with Gasteiger partial charge < -0.3 is 10.6 Å². The van der Waals surface area contributed by atoms with Crippen molar-refractivity contribution in [2.24, 2.45) is 0 Å². The van der Waals surface area contributed by atoms with Gasteiger partial charge in [-0.1, -0.05) is 0 Å². The van der Waals surface area contributed by atoms with Crippen molar-refractivity contribution < 1.29 is 13.8 Å². The molecule has 0 fully saturated rings. The van der Waals surface area contributed by atoms with Crippen LogP contribution >= 0.6 is 0 Å². The predicted octanol–water partition coefficient (Wildman–Crippen LogP) is 1.07. The van der Waals surface area contributed by atoms with E-state index in [2.05, 4.69) is 10.6 Å². The van der Waals surface area contributed by atoms with Crippen LogP contribution in [0.4, 0.5) is 0 Å². The molecule has 0 aromatic heterocycles. The number of hydrogen-bond donors (Lipinski definition) is 2. The van der Waals surface area contributed by atoms with E-state index in [-0.39, 0.29) is 23.9 Å². The zero-order valence-electron chi connectivity index (χ0n) is 12.1. The lowest BCUT2D eigenvalue weighted by atomic mass is 10.1. The Bertz CT molecular complexity index is 518. The van der Waals surface area contributed by atoms with Gasteiger partial charge in [0.25, 0.3) is 5.91 Å². The number of nitrogens with one attached hydrogen (secondary N) is 2. The van der Waals surface area contributed by atoms with Gasteiger partial charge in [-0.2, -0.15) is 0 Å². The molecule has 0 bridgehead atoms. The summed E-state index contributed by atoms with van der Waals surface area (Å²) in [5.41, 5.74) is 0.108. The number of hydrogen-bond acceptors (Lipinski definition) is 3. The molecular weight excluding hydrogens is 276 g/mol. The minimum absolute atomic E-state index is 0.0719. The largest absolute Gasteiger partial charge is 0.350 e. The molecule has 0 spiro atoms. The maximum absolute atomic E-state index is 11.8. The van der Waals surface area contributed by atoms with Gasteiger partial charge in [0.15, 0.2) is 0 Å². The van der Waals surface area contributed by atoms with Gasteiger partial charge in [-0.25, -0.2) is 0 Å². The van der Waals surface area contributed by atoms with Crippen LogP contribution in [0.5, 0.6) is 0 Å². The van der Waals surface area contributed by atoms with E-state index in [4.69, 9.17) is 0 Å². The Balaban J connectivity index is 2.55. The molecule has 2 N–H and O–H groups in total. The first-order valence-electron chi connectivity index (χ1n) is 6.22. The van der Waals surface area contributed by atoms with Crippen molar-refractivity contribution in [3.8, 4) is 0 Å². The van der Waals surface area contributed by atoms with Gasteiger partial charge in [-0.15, -0.1) is 0 Å². The maximum atomic E-state index is 11.8. The molecule has 1 aromatic carbocycles. The lowest BCUT2D eigenvalue weighted by Gasteiger charge is -2.20. The normalized spacial score (nSPS) is 12.6. The van der Waals surface area contributed by atoms with Crippen LogP contribution in [0.15, 0.2) is 29.2 Å². The Morgan fingerprint density at radius 3 is 2.15 bits per heavy atom. The fourth-order valence-electron chi connectivity index (χ4n) is 1.52. The molecule has 1 atom stereocenters. The molecule has 6 heteroatoms. The molecule has 0 aliphatic heterocycles. The van der Waals surface area contributed by atoms with E-state index in [1.807, 2.05) is 20.8 Å². The first-order valence-corrected chi connectivity index (χ1v) is 7.77. The molecule has 1 aromatic rings. The van der Waals surface area contributed by atoms with Gasteiger partial charge in [0.05, 0.1) is 6.54 Å². The van der Waals surface area contributed by atoms with Crippen molar-refractivity contribution in [2.75, 3.05) is 12.8 Å². The molecule has 1 unspecified atom stereocenters. The number of rotatable bonds is 4. The Morgan fingerprint density at radius 1 is 1.15 bits per heavy atom. The van der Waals surface area contributed by atoms with Crippen molar-refractivity contribution in [1.82, 2.24) is 10.6 Å². The summed E-state index contributed by atoms with van der Waals surface area (Å²) in [6, 6.07) is 6.46. The third-order valence-electron chi connectivity index (χ3n) is 2.37. The molecule has 0 aliphatic rings. The Kier molecular flexibility index (Phi) is 5.44. The predicted molar refractivity (Wildman–Crippen MR) is 79.0 cm³/mol. The summed E-state index contributed by atoms with van der Waals surface area (Å²) in [6.45, 7) is 5.54. The lowest BCUT2D eigenvalue weighted by Crippen LogP contribution is -2.45. The maximum Gasteiger partial charge on any atom is 0.251 e. The molecule has 2 amide bonds. The molecule has 1 rings (SSSR count). The van der Waals surface area contributed by atoms with Gasteiger partial charge >= 0.3 is 0 Å². The summed E-state index contributed by atoms with van der Waals surface area (Å²) in [4.78, 5) is 24.1. The Morgan fingerprint density at radius 2 is 1.70 bits per heavy atom. The average molecular weight is 296 g/mol. The lowest BCUT2D eigenvalue weighted by molar-refractivity contribution is -0.121. The number of benzene rings is 1. The number of carbonyl (C=O) groups excluding carboxylic acids is 2. The minimum Gasteiger partial charge on any atom is -0.350 e. The summed E-state index contributed by atoms with van der Waals surface area (Å²) in [6.07, 6.45) is 1.58. The van der Waals surface area contributed by atoms with Crippen molar-refractivity contribution >= 4 is 22.6 Å². The highest BCUT2D eigenvalue weighted by molar-refractivity contribution is 7.84. The van der Waals surface area contributed by atoms with Gasteiger partial charge in [0.1, 0.15) is 0 Å². The molecule has 5 nitrogen and oxygen atoms in total. The summed E-state index contributed by atoms with van der Waals surface area (Å²) >= 11 is 0. The highest BCUT2D eigenvalue weighted by Gasteiger charge is 2.14. The highest BCUT2D eigenvalue weighted by Crippen LogP contribution is 2.07. The first-order chi connectivity index (χ1) is 9.19. The van der Waals surface area contributed by atoms with E-state index >= 15 is 0 Å². The van der Waals surface area contributed by atoms with Crippen LogP contribution in [0.1, 0.15) is 31.1 Å². The van der Waals surface area contributed by atoms with Crippen molar-refractivity contribution in [2.45, 2.75) is 31.2 Å². The molecule has 0 saturated carbocycles. The van der Waals surface area contributed by atoms with Crippen LogP contribution in [0, 0.1) is 0 Å². The molecule has 110 valence electrons. The van der Waals surface area contributed by atoms with Crippen molar-refractivity contribution in [3.63, 3.8) is 0 Å². The zero-order valence-corrected chi connectivity index (χ0v) is 13.0. The second-order valence-corrected chi connectivity index (χ2v) is 6.84. The first kappa shape index (κ1) is 16.4. The molecule has 0 saturated heterocycles. The third-order valence-corrected chi connectivity index (χ3v) is 3.31.